The predicted molar refractivity (Wildman–Crippen MR) is 220 cm³/mol. The highest BCUT2D eigenvalue weighted by Gasteiger charge is 2.17. The van der Waals surface area contributed by atoms with Crippen LogP contribution in [0.5, 0.6) is 11.5 Å². The zero-order chi connectivity index (χ0) is 40.2. The fraction of sp³-hybridized carbons (Fsp3) is 0.163. The van der Waals surface area contributed by atoms with Crippen LogP contribution >= 0.6 is 0 Å². The van der Waals surface area contributed by atoms with Crippen LogP contribution in [0.25, 0.3) is 6.08 Å². The van der Waals surface area contributed by atoms with Crippen molar-refractivity contribution < 1.29 is 29.3 Å². The van der Waals surface area contributed by atoms with E-state index in [1.165, 1.54) is 12.1 Å². The van der Waals surface area contributed by atoms with Gasteiger partial charge in [-0.15, -0.1) is 0 Å². The van der Waals surface area contributed by atoms with Crippen LogP contribution in [0.15, 0.2) is 115 Å². The lowest BCUT2D eigenvalue weighted by Crippen LogP contribution is -2.33. The van der Waals surface area contributed by atoms with Crippen molar-refractivity contribution in [2.75, 3.05) is 33.1 Å². The molecule has 0 saturated heterocycles. The normalized spacial score (nSPS) is 11.5. The lowest BCUT2D eigenvalue weighted by Gasteiger charge is -2.21. The second kappa shape index (κ2) is 18.5. The molecule has 0 aliphatic rings. The Morgan fingerprint density at radius 1 is 0.786 bits per heavy atom. The van der Waals surface area contributed by atoms with Crippen molar-refractivity contribution in [2.24, 2.45) is 5.73 Å². The molecule has 0 unspecified atom stereocenters. The van der Waals surface area contributed by atoms with Gasteiger partial charge >= 0.3 is 5.97 Å². The number of benzene rings is 5. The van der Waals surface area contributed by atoms with E-state index in [0.717, 1.165) is 22.6 Å². The quantitative estimate of drug-likeness (QED) is 0.0336. The van der Waals surface area contributed by atoms with Gasteiger partial charge in [-0.3, -0.25) is 9.59 Å². The molecule has 0 heterocycles. The number of nitriles is 1. The van der Waals surface area contributed by atoms with Crippen LogP contribution in [0.4, 0.5) is 39.8 Å². The molecule has 5 rings (SSSR count). The molecule has 5 aromatic carbocycles. The first-order chi connectivity index (χ1) is 26.9. The zero-order valence-electron chi connectivity index (χ0n) is 31.1. The Labute approximate surface area is 324 Å². The van der Waals surface area contributed by atoms with Crippen LogP contribution in [0.2, 0.25) is 0 Å². The summed E-state index contributed by atoms with van der Waals surface area (Å²) in [6.07, 6.45) is 1.58. The summed E-state index contributed by atoms with van der Waals surface area (Å²) < 4.78 is 5.99. The average molecular weight is 754 g/mol. The van der Waals surface area contributed by atoms with Gasteiger partial charge in [0.25, 0.3) is 5.91 Å². The molecule has 9 N–H and O–H groups in total. The zero-order valence-corrected chi connectivity index (χ0v) is 31.1. The highest BCUT2D eigenvalue weighted by Crippen LogP contribution is 2.43. The minimum atomic E-state index is -1.03. The fourth-order valence-electron chi connectivity index (χ4n) is 5.55. The topological polar surface area (TPSA) is 211 Å². The molecule has 286 valence electrons. The van der Waals surface area contributed by atoms with E-state index in [0.29, 0.717) is 40.4 Å². The Bertz CT molecular complexity index is 2230. The number of carbonyl (C=O) groups excluding carboxylic acids is 2. The highest BCUT2D eigenvalue weighted by molar-refractivity contribution is 6.06. The fourth-order valence-corrected chi connectivity index (χ4v) is 5.55. The van der Waals surface area contributed by atoms with E-state index in [9.17, 15) is 24.6 Å². The predicted octanol–water partition coefficient (Wildman–Crippen LogP) is 8.05. The number of aromatic carboxylic acids is 1. The molecular formula is C43H43N7O6. The summed E-state index contributed by atoms with van der Waals surface area (Å²) in [5.41, 5.74) is 12.0. The lowest BCUT2D eigenvalue weighted by molar-refractivity contribution is -0.118. The molecule has 13 heteroatoms. The van der Waals surface area contributed by atoms with Crippen LogP contribution in [0, 0.1) is 11.3 Å². The maximum atomic E-state index is 12.8. The molecule has 56 heavy (non-hydrogen) atoms. The maximum absolute atomic E-state index is 12.8. The molecule has 1 atom stereocenters. The number of nitrogens with one attached hydrogen (secondary N) is 5. The number of phenolic OH excluding ortho intramolecular Hbond substituents is 1. The highest BCUT2D eigenvalue weighted by atomic mass is 16.5. The minimum Gasteiger partial charge on any atom is -0.503 e. The van der Waals surface area contributed by atoms with Gasteiger partial charge in [0.1, 0.15) is 0 Å². The summed E-state index contributed by atoms with van der Waals surface area (Å²) in [4.78, 5) is 35.9. The van der Waals surface area contributed by atoms with E-state index in [1.807, 2.05) is 38.1 Å². The molecule has 0 spiro atoms. The molecule has 0 aliphatic heterocycles. The van der Waals surface area contributed by atoms with Gasteiger partial charge in [0.15, 0.2) is 11.5 Å². The van der Waals surface area contributed by atoms with Crippen LogP contribution in [-0.2, 0) is 9.59 Å². The number of aromatic hydroxyl groups is 1. The SMILES string of the molecule is C/C(=C\c1ccc(C#N)cc1)C(=O)Nc1ccc(N[C@H](CNc2ccc(Nc3ccc(Nc4ccc(C(=O)O)cc4)c(O)c3OC(C)C)cc2)CC(N)=O)cc1. The van der Waals surface area contributed by atoms with E-state index >= 15 is 0 Å². The second-order valence-corrected chi connectivity index (χ2v) is 13.2. The van der Waals surface area contributed by atoms with Crippen molar-refractivity contribution in [2.45, 2.75) is 39.3 Å². The number of rotatable bonds is 17. The van der Waals surface area contributed by atoms with Gasteiger partial charge in [-0.05, 0) is 129 Å². The number of hydrogen-bond donors (Lipinski definition) is 8. The Kier molecular flexibility index (Phi) is 13.2. The smallest absolute Gasteiger partial charge is 0.335 e. The third-order valence-corrected chi connectivity index (χ3v) is 8.35. The van der Waals surface area contributed by atoms with Crippen molar-refractivity contribution in [1.29, 1.82) is 5.26 Å². The first-order valence-corrected chi connectivity index (χ1v) is 17.8. The summed E-state index contributed by atoms with van der Waals surface area (Å²) in [5, 5.41) is 45.3. The first-order valence-electron chi connectivity index (χ1n) is 17.8. The molecular weight excluding hydrogens is 711 g/mol. The molecule has 0 bridgehead atoms. The van der Waals surface area contributed by atoms with E-state index in [4.69, 9.17) is 15.7 Å². The molecule has 13 nitrogen and oxygen atoms in total. The number of carboxylic acids is 1. The van der Waals surface area contributed by atoms with Gasteiger partial charge < -0.3 is 47.3 Å². The van der Waals surface area contributed by atoms with Gasteiger partial charge in [-0.2, -0.15) is 5.26 Å². The Morgan fingerprint density at radius 3 is 1.93 bits per heavy atom. The van der Waals surface area contributed by atoms with Crippen molar-refractivity contribution in [3.63, 3.8) is 0 Å². The van der Waals surface area contributed by atoms with Crippen molar-refractivity contribution >= 4 is 63.7 Å². The summed E-state index contributed by atoms with van der Waals surface area (Å²) in [7, 11) is 0. The van der Waals surface area contributed by atoms with Gasteiger partial charge in [-0.1, -0.05) is 12.1 Å². The Morgan fingerprint density at radius 2 is 1.34 bits per heavy atom. The van der Waals surface area contributed by atoms with E-state index < -0.39 is 11.9 Å². The number of nitrogens with zero attached hydrogens (tertiary/aromatic N) is 1. The van der Waals surface area contributed by atoms with Crippen molar-refractivity contribution in [1.82, 2.24) is 0 Å². The number of phenols is 1. The van der Waals surface area contributed by atoms with Crippen LogP contribution in [0.3, 0.4) is 0 Å². The number of amides is 2. The lowest BCUT2D eigenvalue weighted by atomic mass is 10.1. The second-order valence-electron chi connectivity index (χ2n) is 13.2. The Hall–Kier alpha value is -7.46. The van der Waals surface area contributed by atoms with Gasteiger partial charge in [0.2, 0.25) is 5.91 Å². The maximum Gasteiger partial charge on any atom is 0.335 e. The van der Waals surface area contributed by atoms with Crippen LogP contribution < -0.4 is 37.1 Å². The number of nitrogens with two attached hydrogens (primary N) is 1. The first kappa shape index (κ1) is 39.7. The standard InChI is InChI=1S/C43H43N7O6/c1-26(2)56-41-38(21-20-37(40(41)52)48-33-10-8-30(9-11-33)43(54)55)49-34-14-12-31(13-15-34)46-25-36(23-39(45)51)47-32-16-18-35(19-17-32)50-42(53)27(3)22-28-4-6-29(24-44)7-5-28/h4-22,26,36,46-49,52H,23,25H2,1-3H3,(H2,45,51)(H,50,53)(H,54,55)/b27-22+/t36-/m0/s1. The molecule has 0 aromatic heterocycles. The molecule has 0 fully saturated rings. The summed E-state index contributed by atoms with van der Waals surface area (Å²) >= 11 is 0. The molecule has 0 radical (unpaired) electrons. The average Bonchev–Trinajstić information content (AvgIpc) is 3.17. The number of primary amides is 1. The summed E-state index contributed by atoms with van der Waals surface area (Å²) in [6, 6.07) is 32.9. The number of hydrogen-bond acceptors (Lipinski definition) is 10. The van der Waals surface area contributed by atoms with E-state index in [2.05, 4.69) is 32.7 Å². The van der Waals surface area contributed by atoms with Gasteiger partial charge in [-0.25, -0.2) is 4.79 Å². The summed E-state index contributed by atoms with van der Waals surface area (Å²) in [6.45, 7) is 5.80. The summed E-state index contributed by atoms with van der Waals surface area (Å²) in [5.74, 6) is -1.61. The van der Waals surface area contributed by atoms with Gasteiger partial charge in [0, 0.05) is 47.0 Å². The molecule has 0 saturated carbocycles. The van der Waals surface area contributed by atoms with E-state index in [-0.39, 0.29) is 41.5 Å². The van der Waals surface area contributed by atoms with Crippen LogP contribution in [-0.4, -0.2) is 46.7 Å². The molecule has 2 amide bonds. The van der Waals surface area contributed by atoms with Crippen LogP contribution in [0.1, 0.15) is 48.7 Å². The number of carboxylic acid groups (broad SMARTS) is 1. The Balaban J connectivity index is 1.18. The minimum absolute atomic E-state index is 0.0745. The third-order valence-electron chi connectivity index (χ3n) is 8.35. The number of ether oxygens (including phenoxy) is 1. The van der Waals surface area contributed by atoms with Crippen molar-refractivity contribution in [3.05, 3.63) is 131 Å². The number of anilines is 7. The monoisotopic (exact) mass is 753 g/mol. The van der Waals surface area contributed by atoms with Crippen molar-refractivity contribution in [3.8, 4) is 17.6 Å². The van der Waals surface area contributed by atoms with E-state index in [1.54, 1.807) is 85.8 Å². The molecule has 5 aromatic rings. The largest absolute Gasteiger partial charge is 0.503 e. The third kappa shape index (κ3) is 11.3. The number of carbonyl (C=O) groups is 3. The van der Waals surface area contributed by atoms with Gasteiger partial charge in [0.05, 0.1) is 40.7 Å². The molecule has 0 aliphatic carbocycles.